The first-order valence-corrected chi connectivity index (χ1v) is 7.09. The van der Waals surface area contributed by atoms with Crippen molar-refractivity contribution < 1.29 is 14.2 Å². The van der Waals surface area contributed by atoms with Gasteiger partial charge in [-0.2, -0.15) is 0 Å². The van der Waals surface area contributed by atoms with Crippen molar-refractivity contribution in [1.82, 2.24) is 0 Å². The lowest BCUT2D eigenvalue weighted by atomic mass is 10.1. The van der Waals surface area contributed by atoms with Crippen LogP contribution in [0.15, 0.2) is 18.2 Å². The zero-order chi connectivity index (χ0) is 14.2. The van der Waals surface area contributed by atoms with E-state index in [1.165, 1.54) is 11.3 Å². The molecule has 1 aliphatic rings. The molecule has 0 aliphatic carbocycles. The molecule has 0 bridgehead atoms. The maximum atomic E-state index is 6.05. The second kappa shape index (κ2) is 8.09. The Balaban J connectivity index is 1.62. The highest BCUT2D eigenvalue weighted by Gasteiger charge is 2.20. The third kappa shape index (κ3) is 4.10. The van der Waals surface area contributed by atoms with Crippen molar-refractivity contribution in [3.63, 3.8) is 0 Å². The van der Waals surface area contributed by atoms with Crippen LogP contribution < -0.4 is 10.6 Å². The van der Waals surface area contributed by atoms with Crippen molar-refractivity contribution in [2.45, 2.75) is 6.42 Å². The Hall–Kier alpha value is -1.30. The van der Waals surface area contributed by atoms with E-state index in [0.717, 1.165) is 25.2 Å². The van der Waals surface area contributed by atoms with Gasteiger partial charge in [-0.25, -0.2) is 0 Å². The maximum Gasteiger partial charge on any atom is 0.0701 e. The zero-order valence-corrected chi connectivity index (χ0v) is 12.1. The molecular formula is C15H24N2O3. The van der Waals surface area contributed by atoms with E-state index in [0.29, 0.717) is 33.0 Å². The average Bonchev–Trinajstić information content (AvgIpc) is 2.86. The first kappa shape index (κ1) is 15.1. The lowest BCUT2D eigenvalue weighted by Crippen LogP contribution is -2.26. The molecule has 1 aliphatic heterocycles. The van der Waals surface area contributed by atoms with Gasteiger partial charge in [0.25, 0.3) is 0 Å². The Bertz CT molecular complexity index is 412. The minimum absolute atomic E-state index is 0.613. The molecule has 5 nitrogen and oxygen atoms in total. The van der Waals surface area contributed by atoms with E-state index in [4.69, 9.17) is 19.9 Å². The van der Waals surface area contributed by atoms with Crippen LogP contribution in [0.3, 0.4) is 0 Å². The molecule has 2 rings (SSSR count). The second-order valence-corrected chi connectivity index (χ2v) is 4.81. The number of ether oxygens (including phenoxy) is 3. The Morgan fingerprint density at radius 3 is 2.65 bits per heavy atom. The van der Waals surface area contributed by atoms with E-state index in [1.54, 1.807) is 7.11 Å². The average molecular weight is 280 g/mol. The molecule has 0 saturated heterocycles. The summed E-state index contributed by atoms with van der Waals surface area (Å²) in [5.74, 6) is 0. The third-order valence-corrected chi connectivity index (χ3v) is 3.43. The number of nitrogens with zero attached hydrogens (tertiary/aromatic N) is 1. The van der Waals surface area contributed by atoms with Crippen LogP contribution in [0.4, 0.5) is 11.4 Å². The van der Waals surface area contributed by atoms with Gasteiger partial charge in [0.2, 0.25) is 0 Å². The normalized spacial score (nSPS) is 13.8. The van der Waals surface area contributed by atoms with Crippen molar-refractivity contribution >= 4 is 11.4 Å². The van der Waals surface area contributed by atoms with Gasteiger partial charge in [-0.15, -0.1) is 0 Å². The molecule has 1 heterocycles. The maximum absolute atomic E-state index is 6.05. The molecule has 0 atom stereocenters. The van der Waals surface area contributed by atoms with Crippen LogP contribution in [0.1, 0.15) is 5.56 Å². The minimum Gasteiger partial charge on any atom is -0.397 e. The van der Waals surface area contributed by atoms with Gasteiger partial charge in [0.1, 0.15) is 0 Å². The summed E-state index contributed by atoms with van der Waals surface area (Å²) in [7, 11) is 1.67. The van der Waals surface area contributed by atoms with Gasteiger partial charge in [0.05, 0.1) is 44.4 Å². The summed E-state index contributed by atoms with van der Waals surface area (Å²) in [6.45, 7) is 5.08. The van der Waals surface area contributed by atoms with Crippen LogP contribution >= 0.6 is 0 Å². The second-order valence-electron chi connectivity index (χ2n) is 4.81. The number of methoxy groups -OCH3 is 1. The van der Waals surface area contributed by atoms with E-state index < -0.39 is 0 Å². The van der Waals surface area contributed by atoms with Crippen LogP contribution in [-0.2, 0) is 20.6 Å². The molecule has 2 N–H and O–H groups in total. The molecule has 5 heteroatoms. The van der Waals surface area contributed by atoms with Crippen molar-refractivity contribution in [1.29, 1.82) is 0 Å². The van der Waals surface area contributed by atoms with Crippen molar-refractivity contribution in [2.24, 2.45) is 0 Å². The van der Waals surface area contributed by atoms with Crippen molar-refractivity contribution in [3.8, 4) is 0 Å². The number of nitrogens with two attached hydrogens (primary N) is 1. The van der Waals surface area contributed by atoms with Crippen LogP contribution in [-0.4, -0.2) is 53.2 Å². The van der Waals surface area contributed by atoms with Gasteiger partial charge < -0.3 is 24.8 Å². The van der Waals surface area contributed by atoms with Crippen LogP contribution in [0.25, 0.3) is 0 Å². The minimum atomic E-state index is 0.613. The quantitative estimate of drug-likeness (QED) is 0.546. The van der Waals surface area contributed by atoms with E-state index in [1.807, 2.05) is 12.1 Å². The number of para-hydroxylation sites is 1. The first-order valence-electron chi connectivity index (χ1n) is 7.09. The van der Waals surface area contributed by atoms with E-state index in [2.05, 4.69) is 11.0 Å². The highest BCUT2D eigenvalue weighted by molar-refractivity contribution is 5.74. The predicted molar refractivity (Wildman–Crippen MR) is 80.3 cm³/mol. The lowest BCUT2D eigenvalue weighted by molar-refractivity contribution is 0.0265. The van der Waals surface area contributed by atoms with Crippen LogP contribution in [0, 0.1) is 0 Å². The fourth-order valence-corrected chi connectivity index (χ4v) is 2.43. The Labute approximate surface area is 120 Å². The fraction of sp³-hybridized carbons (Fsp3) is 0.600. The number of hydrogen-bond donors (Lipinski definition) is 1. The molecule has 20 heavy (non-hydrogen) atoms. The molecule has 0 spiro atoms. The molecule has 0 unspecified atom stereocenters. The highest BCUT2D eigenvalue weighted by atomic mass is 16.5. The molecule has 0 aromatic heterocycles. The summed E-state index contributed by atoms with van der Waals surface area (Å²) in [6.07, 6.45) is 1.07. The summed E-state index contributed by atoms with van der Waals surface area (Å²) in [4.78, 5) is 2.30. The number of fused-ring (bicyclic) bond motifs is 1. The number of benzene rings is 1. The number of rotatable bonds is 9. The summed E-state index contributed by atoms with van der Waals surface area (Å²) in [5, 5.41) is 0. The van der Waals surface area contributed by atoms with E-state index >= 15 is 0 Å². The van der Waals surface area contributed by atoms with Crippen molar-refractivity contribution in [3.05, 3.63) is 23.8 Å². The molecule has 0 saturated carbocycles. The SMILES string of the molecule is COCCOCCOCCN1CCc2cccc(N)c21. The largest absolute Gasteiger partial charge is 0.397 e. The predicted octanol–water partition coefficient (Wildman–Crippen LogP) is 1.31. The van der Waals surface area contributed by atoms with Crippen LogP contribution in [0.5, 0.6) is 0 Å². The van der Waals surface area contributed by atoms with Gasteiger partial charge in [0, 0.05) is 20.2 Å². The van der Waals surface area contributed by atoms with E-state index in [-0.39, 0.29) is 0 Å². The topological polar surface area (TPSA) is 57.0 Å². The summed E-state index contributed by atoms with van der Waals surface area (Å²) in [5.41, 5.74) is 9.44. The molecule has 1 aromatic rings. The van der Waals surface area contributed by atoms with Gasteiger partial charge >= 0.3 is 0 Å². The summed E-state index contributed by atoms with van der Waals surface area (Å²) < 4.78 is 15.8. The lowest BCUT2D eigenvalue weighted by Gasteiger charge is -2.20. The molecule has 0 radical (unpaired) electrons. The molecule has 1 aromatic carbocycles. The number of nitrogen functional groups attached to an aromatic ring is 1. The van der Waals surface area contributed by atoms with Crippen LogP contribution in [0.2, 0.25) is 0 Å². The number of hydrogen-bond acceptors (Lipinski definition) is 5. The monoisotopic (exact) mass is 280 g/mol. The smallest absolute Gasteiger partial charge is 0.0701 e. The Kier molecular flexibility index (Phi) is 6.11. The van der Waals surface area contributed by atoms with Gasteiger partial charge in [0.15, 0.2) is 0 Å². The molecule has 0 amide bonds. The standard InChI is InChI=1S/C15H24N2O3/c1-18-9-10-20-12-11-19-8-7-17-6-5-13-3-2-4-14(16)15(13)17/h2-4H,5-12,16H2,1H3. The Morgan fingerprint density at radius 1 is 1.10 bits per heavy atom. The fourth-order valence-electron chi connectivity index (χ4n) is 2.43. The number of anilines is 2. The molecule has 0 fully saturated rings. The summed E-state index contributed by atoms with van der Waals surface area (Å²) >= 11 is 0. The third-order valence-electron chi connectivity index (χ3n) is 3.43. The molecule has 112 valence electrons. The Morgan fingerprint density at radius 2 is 1.85 bits per heavy atom. The summed E-state index contributed by atoms with van der Waals surface area (Å²) in [6, 6.07) is 6.13. The molecular weight excluding hydrogens is 256 g/mol. The van der Waals surface area contributed by atoms with Gasteiger partial charge in [-0.05, 0) is 18.1 Å². The van der Waals surface area contributed by atoms with Crippen molar-refractivity contribution in [2.75, 3.05) is 63.9 Å². The van der Waals surface area contributed by atoms with E-state index in [9.17, 15) is 0 Å². The highest BCUT2D eigenvalue weighted by Crippen LogP contribution is 2.33. The first-order chi connectivity index (χ1) is 9.83. The van der Waals surface area contributed by atoms with Gasteiger partial charge in [-0.1, -0.05) is 12.1 Å². The zero-order valence-electron chi connectivity index (χ0n) is 12.1. The van der Waals surface area contributed by atoms with Gasteiger partial charge in [-0.3, -0.25) is 0 Å².